The first-order valence-electron chi connectivity index (χ1n) is 7.93. The Morgan fingerprint density at radius 2 is 1.39 bits per heavy atom. The third-order valence-corrected chi connectivity index (χ3v) is 5.76. The molecular formula is C16H11N3O10S2. The number of phenols is 2. The van der Waals surface area contributed by atoms with Crippen molar-refractivity contribution in [2.24, 2.45) is 10.2 Å². The second-order valence-electron chi connectivity index (χ2n) is 6.04. The van der Waals surface area contributed by atoms with E-state index in [4.69, 9.17) is 0 Å². The summed E-state index contributed by atoms with van der Waals surface area (Å²) in [4.78, 5) is 8.06. The topological polar surface area (TPSA) is 217 Å². The molecule has 0 bridgehead atoms. The first-order chi connectivity index (χ1) is 14.3. The van der Waals surface area contributed by atoms with Crippen molar-refractivity contribution in [3.8, 4) is 11.5 Å². The Balaban J connectivity index is 2.28. The molecule has 31 heavy (non-hydrogen) atoms. The van der Waals surface area contributed by atoms with Crippen LogP contribution in [0.2, 0.25) is 0 Å². The summed E-state index contributed by atoms with van der Waals surface area (Å²) < 4.78 is 64.6. The molecule has 162 valence electrons. The van der Waals surface area contributed by atoms with Crippen molar-refractivity contribution in [1.29, 1.82) is 0 Å². The lowest BCUT2D eigenvalue weighted by Gasteiger charge is -2.10. The van der Waals surface area contributed by atoms with Gasteiger partial charge in [-0.3, -0.25) is 19.2 Å². The van der Waals surface area contributed by atoms with Crippen molar-refractivity contribution >= 4 is 48.1 Å². The van der Waals surface area contributed by atoms with Crippen molar-refractivity contribution < 1.29 is 41.1 Å². The highest BCUT2D eigenvalue weighted by Crippen LogP contribution is 2.43. The van der Waals surface area contributed by atoms with Gasteiger partial charge in [0.2, 0.25) is 0 Å². The van der Waals surface area contributed by atoms with Gasteiger partial charge in [-0.1, -0.05) is 0 Å². The van der Waals surface area contributed by atoms with E-state index in [1.807, 2.05) is 0 Å². The van der Waals surface area contributed by atoms with Crippen molar-refractivity contribution in [3.63, 3.8) is 0 Å². The molecule has 3 rings (SSSR count). The maximum Gasteiger partial charge on any atom is 0.298 e. The predicted octanol–water partition coefficient (Wildman–Crippen LogP) is 3.07. The third kappa shape index (κ3) is 4.43. The number of azo groups is 1. The summed E-state index contributed by atoms with van der Waals surface area (Å²) in [5.41, 5.74) is -0.738. The second-order valence-corrected chi connectivity index (χ2v) is 8.82. The summed E-state index contributed by atoms with van der Waals surface area (Å²) in [6, 6.07) is 6.85. The van der Waals surface area contributed by atoms with E-state index in [1.54, 1.807) is 0 Å². The molecule has 0 heterocycles. The van der Waals surface area contributed by atoms with Crippen LogP contribution in [0, 0.1) is 10.1 Å². The SMILES string of the molecule is O=[N+]([O-])c1ccc(N=Nc2c(O)c(S(=O)(=O)O)cc3cc(S(=O)(=O)O)c(O)cc23)cc1. The first kappa shape index (κ1) is 22.0. The molecule has 3 aromatic carbocycles. The van der Waals surface area contributed by atoms with Crippen LogP contribution in [0.3, 0.4) is 0 Å². The highest BCUT2D eigenvalue weighted by molar-refractivity contribution is 7.86. The summed E-state index contributed by atoms with van der Waals surface area (Å²) in [5, 5.41) is 37.9. The van der Waals surface area contributed by atoms with Gasteiger partial charge in [-0.25, -0.2) is 0 Å². The van der Waals surface area contributed by atoms with Crippen LogP contribution in [0.25, 0.3) is 10.8 Å². The van der Waals surface area contributed by atoms with Gasteiger partial charge in [0.15, 0.2) is 5.75 Å². The number of benzene rings is 3. The number of aromatic hydroxyl groups is 2. The molecule has 0 saturated heterocycles. The summed E-state index contributed by atoms with van der Waals surface area (Å²) in [6.07, 6.45) is 0. The summed E-state index contributed by atoms with van der Waals surface area (Å²) in [6.45, 7) is 0. The van der Waals surface area contributed by atoms with Crippen LogP contribution in [0.5, 0.6) is 11.5 Å². The van der Waals surface area contributed by atoms with Gasteiger partial charge < -0.3 is 10.2 Å². The van der Waals surface area contributed by atoms with Gasteiger partial charge in [0, 0.05) is 17.5 Å². The fraction of sp³-hybridized carbons (Fsp3) is 0. The van der Waals surface area contributed by atoms with Gasteiger partial charge >= 0.3 is 0 Å². The molecule has 0 unspecified atom stereocenters. The summed E-state index contributed by atoms with van der Waals surface area (Å²) >= 11 is 0. The van der Waals surface area contributed by atoms with E-state index >= 15 is 0 Å². The number of non-ortho nitro benzene ring substituents is 1. The first-order valence-corrected chi connectivity index (χ1v) is 10.8. The standard InChI is InChI=1S/C16H11N3O10S2/c20-12-7-11-8(5-13(12)30(24,25)26)6-14(31(27,28)29)16(21)15(11)18-17-9-1-3-10(4-2-9)19(22)23/h1-7,20-21H,(H,24,25,26)(H,27,28,29). The molecule has 4 N–H and O–H groups in total. The highest BCUT2D eigenvalue weighted by atomic mass is 32.2. The third-order valence-electron chi connectivity index (χ3n) is 4.01. The lowest BCUT2D eigenvalue weighted by molar-refractivity contribution is -0.384. The zero-order chi connectivity index (χ0) is 23.1. The molecular weight excluding hydrogens is 458 g/mol. The lowest BCUT2D eigenvalue weighted by Crippen LogP contribution is -2.01. The number of rotatable bonds is 5. The smallest absolute Gasteiger partial charge is 0.298 e. The number of hydrogen-bond donors (Lipinski definition) is 4. The normalized spacial score (nSPS) is 12.5. The van der Waals surface area contributed by atoms with Gasteiger partial charge in [-0.2, -0.15) is 21.9 Å². The lowest BCUT2D eigenvalue weighted by atomic mass is 10.1. The van der Waals surface area contributed by atoms with Gasteiger partial charge in [-0.05, 0) is 35.7 Å². The molecule has 0 aliphatic heterocycles. The molecule has 0 saturated carbocycles. The Hall–Kier alpha value is -3.66. The number of hydrogen-bond acceptors (Lipinski definition) is 10. The number of nitro groups is 1. The maximum absolute atomic E-state index is 11.6. The minimum absolute atomic E-state index is 0.0641. The fourth-order valence-electron chi connectivity index (χ4n) is 2.62. The zero-order valence-electron chi connectivity index (χ0n) is 14.9. The van der Waals surface area contributed by atoms with E-state index in [1.165, 1.54) is 12.1 Å². The van der Waals surface area contributed by atoms with Crippen molar-refractivity contribution in [2.45, 2.75) is 9.79 Å². The molecule has 0 aliphatic carbocycles. The average Bonchev–Trinajstić information content (AvgIpc) is 2.65. The van der Waals surface area contributed by atoms with Crippen LogP contribution in [-0.2, 0) is 20.2 Å². The highest BCUT2D eigenvalue weighted by Gasteiger charge is 2.24. The molecule has 0 fully saturated rings. The Morgan fingerprint density at radius 1 is 0.839 bits per heavy atom. The van der Waals surface area contributed by atoms with Gasteiger partial charge in [0.25, 0.3) is 25.9 Å². The van der Waals surface area contributed by atoms with E-state index in [2.05, 4.69) is 10.2 Å². The van der Waals surface area contributed by atoms with Gasteiger partial charge in [-0.15, -0.1) is 5.11 Å². The quantitative estimate of drug-likeness (QED) is 0.185. The van der Waals surface area contributed by atoms with Crippen molar-refractivity contribution in [3.05, 3.63) is 52.6 Å². The fourth-order valence-corrected chi connectivity index (χ4v) is 3.83. The number of nitrogens with zero attached hydrogens (tertiary/aromatic N) is 3. The average molecular weight is 469 g/mol. The minimum atomic E-state index is -5.01. The Labute approximate surface area is 173 Å². The van der Waals surface area contributed by atoms with Crippen molar-refractivity contribution in [1.82, 2.24) is 0 Å². The molecule has 0 spiro atoms. The van der Waals surface area contributed by atoms with E-state index in [-0.39, 0.29) is 22.1 Å². The molecule has 0 radical (unpaired) electrons. The summed E-state index contributed by atoms with van der Waals surface area (Å²) in [5.74, 6) is -1.99. The molecule has 0 aromatic heterocycles. The van der Waals surface area contributed by atoms with Crippen LogP contribution in [0.1, 0.15) is 0 Å². The minimum Gasteiger partial charge on any atom is -0.506 e. The predicted molar refractivity (Wildman–Crippen MR) is 104 cm³/mol. The zero-order valence-corrected chi connectivity index (χ0v) is 16.6. The van der Waals surface area contributed by atoms with E-state index in [0.29, 0.717) is 12.1 Å². The van der Waals surface area contributed by atoms with Crippen LogP contribution in [0.4, 0.5) is 17.1 Å². The van der Waals surface area contributed by atoms with Crippen LogP contribution >= 0.6 is 0 Å². The maximum atomic E-state index is 11.6. The number of phenolic OH excluding ortho intramolecular Hbond substituents is 2. The van der Waals surface area contributed by atoms with E-state index < -0.39 is 52.1 Å². The largest absolute Gasteiger partial charge is 0.506 e. The molecule has 0 atom stereocenters. The number of nitro benzene ring substituents is 1. The Morgan fingerprint density at radius 3 is 1.90 bits per heavy atom. The van der Waals surface area contributed by atoms with Gasteiger partial charge in [0.1, 0.15) is 21.2 Å². The molecule has 15 heteroatoms. The van der Waals surface area contributed by atoms with Crippen LogP contribution in [0.15, 0.2) is 62.5 Å². The van der Waals surface area contributed by atoms with Crippen LogP contribution < -0.4 is 0 Å². The van der Waals surface area contributed by atoms with Crippen molar-refractivity contribution in [2.75, 3.05) is 0 Å². The summed E-state index contributed by atoms with van der Waals surface area (Å²) in [7, 11) is -9.90. The molecule has 0 aliphatic rings. The molecule has 3 aromatic rings. The second kappa shape index (κ2) is 7.55. The Kier molecular flexibility index (Phi) is 5.36. The monoisotopic (exact) mass is 469 g/mol. The van der Waals surface area contributed by atoms with Crippen LogP contribution in [-0.4, -0.2) is 41.1 Å². The van der Waals surface area contributed by atoms with E-state index in [9.17, 15) is 46.3 Å². The van der Waals surface area contributed by atoms with Gasteiger partial charge in [0.05, 0.1) is 10.6 Å². The Bertz CT molecular complexity index is 1460. The molecule has 13 nitrogen and oxygen atoms in total. The van der Waals surface area contributed by atoms with E-state index in [0.717, 1.165) is 18.2 Å². The molecule has 0 amide bonds. The number of fused-ring (bicyclic) bond motifs is 1.